The molecular formula is C20H20N4O6. The van der Waals surface area contributed by atoms with Gasteiger partial charge in [0, 0.05) is 30.8 Å². The molecule has 0 aliphatic carbocycles. The second kappa shape index (κ2) is 8.60. The van der Waals surface area contributed by atoms with Crippen LogP contribution in [0.2, 0.25) is 0 Å². The van der Waals surface area contributed by atoms with Crippen LogP contribution in [0.15, 0.2) is 36.4 Å². The molecule has 1 aliphatic heterocycles. The Balaban J connectivity index is 1.73. The van der Waals surface area contributed by atoms with E-state index in [1.807, 2.05) is 0 Å². The van der Waals surface area contributed by atoms with E-state index in [2.05, 4.69) is 10.6 Å². The van der Waals surface area contributed by atoms with Crippen molar-refractivity contribution in [2.75, 3.05) is 29.2 Å². The van der Waals surface area contributed by atoms with Crippen molar-refractivity contribution in [2.24, 2.45) is 0 Å². The number of nitrogens with one attached hydrogen (secondary N) is 2. The molecule has 10 nitrogen and oxygen atoms in total. The summed E-state index contributed by atoms with van der Waals surface area (Å²) in [4.78, 5) is 48.6. The zero-order chi connectivity index (χ0) is 21.8. The van der Waals surface area contributed by atoms with E-state index in [0.717, 1.165) is 6.42 Å². The van der Waals surface area contributed by atoms with Gasteiger partial charge in [0.05, 0.1) is 17.7 Å². The van der Waals surface area contributed by atoms with E-state index >= 15 is 0 Å². The van der Waals surface area contributed by atoms with E-state index in [9.17, 15) is 24.5 Å². The molecule has 1 heterocycles. The molecule has 1 fully saturated rings. The van der Waals surface area contributed by atoms with E-state index < -0.39 is 16.7 Å². The number of benzene rings is 2. The van der Waals surface area contributed by atoms with E-state index in [1.165, 1.54) is 25.3 Å². The highest BCUT2D eigenvalue weighted by molar-refractivity contribution is 6.43. The molecule has 2 aromatic rings. The van der Waals surface area contributed by atoms with Crippen LogP contribution in [0.3, 0.4) is 0 Å². The summed E-state index contributed by atoms with van der Waals surface area (Å²) < 4.78 is 5.32. The monoisotopic (exact) mass is 412 g/mol. The third-order valence-corrected chi connectivity index (χ3v) is 4.61. The van der Waals surface area contributed by atoms with Crippen LogP contribution in [-0.4, -0.2) is 36.3 Å². The van der Waals surface area contributed by atoms with Gasteiger partial charge in [-0.1, -0.05) is 6.07 Å². The van der Waals surface area contributed by atoms with Gasteiger partial charge in [-0.2, -0.15) is 0 Å². The van der Waals surface area contributed by atoms with Gasteiger partial charge in [-0.05, 0) is 37.1 Å². The van der Waals surface area contributed by atoms with Crippen molar-refractivity contribution in [2.45, 2.75) is 19.8 Å². The highest BCUT2D eigenvalue weighted by Gasteiger charge is 2.25. The summed E-state index contributed by atoms with van der Waals surface area (Å²) in [5.41, 5.74) is 1.12. The normalized spacial score (nSPS) is 13.1. The second-order valence-corrected chi connectivity index (χ2v) is 6.72. The van der Waals surface area contributed by atoms with Crippen LogP contribution < -0.4 is 20.3 Å². The molecule has 0 radical (unpaired) electrons. The number of carbonyl (C=O) groups excluding carboxylic acids is 3. The molecule has 3 rings (SSSR count). The molecule has 3 amide bonds. The molecular weight excluding hydrogens is 392 g/mol. The summed E-state index contributed by atoms with van der Waals surface area (Å²) in [6, 6.07) is 8.92. The highest BCUT2D eigenvalue weighted by atomic mass is 16.6. The van der Waals surface area contributed by atoms with Crippen LogP contribution in [0.25, 0.3) is 0 Å². The van der Waals surface area contributed by atoms with Gasteiger partial charge >= 0.3 is 11.8 Å². The minimum absolute atomic E-state index is 0.0100. The van der Waals surface area contributed by atoms with Crippen LogP contribution in [0, 0.1) is 17.0 Å². The molecule has 156 valence electrons. The number of aryl methyl sites for hydroxylation is 1. The van der Waals surface area contributed by atoms with Crippen LogP contribution in [0.5, 0.6) is 5.75 Å². The van der Waals surface area contributed by atoms with Crippen molar-refractivity contribution in [1.82, 2.24) is 0 Å². The zero-order valence-corrected chi connectivity index (χ0v) is 16.4. The minimum Gasteiger partial charge on any atom is -0.494 e. The summed E-state index contributed by atoms with van der Waals surface area (Å²) in [7, 11) is 1.44. The number of ether oxygens (including phenoxy) is 1. The molecule has 0 saturated carbocycles. The van der Waals surface area contributed by atoms with Gasteiger partial charge in [0.2, 0.25) is 5.91 Å². The minimum atomic E-state index is -1.06. The Morgan fingerprint density at radius 2 is 1.87 bits per heavy atom. The van der Waals surface area contributed by atoms with Crippen molar-refractivity contribution < 1.29 is 24.0 Å². The molecule has 1 aliphatic rings. The van der Waals surface area contributed by atoms with Gasteiger partial charge in [0.1, 0.15) is 11.4 Å². The average Bonchev–Trinajstić information content (AvgIpc) is 3.14. The Morgan fingerprint density at radius 1 is 1.13 bits per heavy atom. The number of nitro benzene ring substituents is 1. The number of hydrogen-bond donors (Lipinski definition) is 2. The first-order valence-corrected chi connectivity index (χ1v) is 9.16. The largest absolute Gasteiger partial charge is 0.494 e. The Bertz CT molecular complexity index is 1040. The smallest absolute Gasteiger partial charge is 0.314 e. The van der Waals surface area contributed by atoms with E-state index in [-0.39, 0.29) is 23.0 Å². The molecule has 10 heteroatoms. The number of nitrogens with zero attached hydrogens (tertiary/aromatic N) is 2. The second-order valence-electron chi connectivity index (χ2n) is 6.72. The molecule has 0 bridgehead atoms. The maximum Gasteiger partial charge on any atom is 0.314 e. The first-order valence-electron chi connectivity index (χ1n) is 9.16. The number of hydrogen-bond acceptors (Lipinski definition) is 6. The van der Waals surface area contributed by atoms with Crippen molar-refractivity contribution in [3.8, 4) is 5.75 Å². The quantitative estimate of drug-likeness (QED) is 0.441. The van der Waals surface area contributed by atoms with Crippen molar-refractivity contribution in [3.63, 3.8) is 0 Å². The first kappa shape index (κ1) is 20.8. The van der Waals surface area contributed by atoms with Gasteiger partial charge < -0.3 is 20.3 Å². The highest BCUT2D eigenvalue weighted by Crippen LogP contribution is 2.34. The summed E-state index contributed by atoms with van der Waals surface area (Å²) in [6.45, 7) is 2.26. The van der Waals surface area contributed by atoms with Gasteiger partial charge in [-0.15, -0.1) is 0 Å². The van der Waals surface area contributed by atoms with Gasteiger partial charge in [0.25, 0.3) is 5.69 Å². The molecule has 1 saturated heterocycles. The lowest BCUT2D eigenvalue weighted by atomic mass is 10.2. The Kier molecular flexibility index (Phi) is 5.95. The van der Waals surface area contributed by atoms with Crippen LogP contribution >= 0.6 is 0 Å². The van der Waals surface area contributed by atoms with Gasteiger partial charge in [-0.25, -0.2) is 0 Å². The van der Waals surface area contributed by atoms with Crippen LogP contribution in [-0.2, 0) is 14.4 Å². The third kappa shape index (κ3) is 4.37. The summed E-state index contributed by atoms with van der Waals surface area (Å²) in [5, 5.41) is 15.8. The lowest BCUT2D eigenvalue weighted by molar-refractivity contribution is -0.384. The molecule has 2 N–H and O–H groups in total. The average molecular weight is 412 g/mol. The third-order valence-electron chi connectivity index (χ3n) is 4.61. The van der Waals surface area contributed by atoms with Crippen molar-refractivity contribution >= 4 is 40.5 Å². The summed E-state index contributed by atoms with van der Waals surface area (Å²) in [6.07, 6.45) is 1.22. The van der Waals surface area contributed by atoms with Gasteiger partial charge in [-0.3, -0.25) is 24.5 Å². The number of nitro groups is 1. The Hall–Kier alpha value is -3.95. The molecule has 0 aromatic heterocycles. The number of rotatable bonds is 5. The summed E-state index contributed by atoms with van der Waals surface area (Å²) >= 11 is 0. The van der Waals surface area contributed by atoms with E-state index in [4.69, 9.17) is 4.74 Å². The van der Waals surface area contributed by atoms with Gasteiger partial charge in [0.15, 0.2) is 0 Å². The van der Waals surface area contributed by atoms with E-state index in [1.54, 1.807) is 30.0 Å². The number of carbonyl (C=O) groups is 3. The van der Waals surface area contributed by atoms with E-state index in [0.29, 0.717) is 30.0 Å². The molecule has 0 unspecified atom stereocenters. The topological polar surface area (TPSA) is 131 Å². The maximum absolute atomic E-state index is 12.3. The standard InChI is InChI=1S/C20H20N4O6/c1-12-5-7-14(16(10-12)24(28)29)22-20(27)19(26)21-13-6-8-15(17(11-13)30-2)23-9-3-4-18(23)25/h5-8,10-11H,3-4,9H2,1-2H3,(H,21,26)(H,22,27). The fourth-order valence-corrected chi connectivity index (χ4v) is 3.15. The molecule has 30 heavy (non-hydrogen) atoms. The molecule has 0 atom stereocenters. The number of methoxy groups -OCH3 is 1. The number of amides is 3. The van der Waals surface area contributed by atoms with Crippen molar-refractivity contribution in [1.29, 1.82) is 0 Å². The fraction of sp³-hybridized carbons (Fsp3) is 0.250. The van der Waals surface area contributed by atoms with Crippen LogP contribution in [0.1, 0.15) is 18.4 Å². The fourth-order valence-electron chi connectivity index (χ4n) is 3.15. The van der Waals surface area contributed by atoms with Crippen LogP contribution in [0.4, 0.5) is 22.7 Å². The SMILES string of the molecule is COc1cc(NC(=O)C(=O)Nc2ccc(C)cc2[N+](=O)[O-])ccc1N1CCCC1=O. The molecule has 0 spiro atoms. The molecule has 2 aromatic carbocycles. The number of anilines is 3. The Labute approximate surface area is 172 Å². The Morgan fingerprint density at radius 3 is 2.50 bits per heavy atom. The zero-order valence-electron chi connectivity index (χ0n) is 16.4. The predicted octanol–water partition coefficient (Wildman–Crippen LogP) is 2.62. The van der Waals surface area contributed by atoms with Crippen molar-refractivity contribution in [3.05, 3.63) is 52.1 Å². The first-order chi connectivity index (χ1) is 14.3. The maximum atomic E-state index is 12.3. The lowest BCUT2D eigenvalue weighted by Crippen LogP contribution is -2.29. The predicted molar refractivity (Wildman–Crippen MR) is 110 cm³/mol. The lowest BCUT2D eigenvalue weighted by Gasteiger charge is -2.19. The summed E-state index contributed by atoms with van der Waals surface area (Å²) in [5.74, 6) is -1.70.